The van der Waals surface area contributed by atoms with Crippen LogP contribution in [0.4, 0.5) is 4.39 Å². The van der Waals surface area contributed by atoms with Gasteiger partial charge in [-0.15, -0.1) is 0 Å². The van der Waals surface area contributed by atoms with Gasteiger partial charge in [0.1, 0.15) is 5.83 Å². The second-order valence-corrected chi connectivity index (χ2v) is 2.46. The van der Waals surface area contributed by atoms with Crippen molar-refractivity contribution >= 4 is 0 Å². The summed E-state index contributed by atoms with van der Waals surface area (Å²) >= 11 is 0. The quantitative estimate of drug-likeness (QED) is 0.614. The van der Waals surface area contributed by atoms with Crippen molar-refractivity contribution in [2.75, 3.05) is 13.2 Å². The lowest BCUT2D eigenvalue weighted by atomic mass is 10.2. The van der Waals surface area contributed by atoms with Gasteiger partial charge >= 0.3 is 0 Å². The maximum atomic E-state index is 12.6. The molecule has 0 aromatic heterocycles. The fourth-order valence-electron chi connectivity index (χ4n) is 0.662. The molecule has 0 rings (SSSR count). The Hall–Kier alpha value is -1.09. The van der Waals surface area contributed by atoms with E-state index in [1.807, 2.05) is 0 Å². The van der Waals surface area contributed by atoms with Crippen LogP contribution in [0.3, 0.4) is 0 Å². The highest BCUT2D eigenvalue weighted by Crippen LogP contribution is 2.07. The van der Waals surface area contributed by atoms with Gasteiger partial charge in [-0.3, -0.25) is 0 Å². The van der Waals surface area contributed by atoms with Gasteiger partial charge in [0.15, 0.2) is 0 Å². The number of allylic oxidation sites excluding steroid dienone is 3. The first-order valence-electron chi connectivity index (χ1n) is 3.64. The number of rotatable bonds is 5. The average molecular weight is 171 g/mol. The molecule has 0 atom stereocenters. The first kappa shape index (κ1) is 10.9. The van der Waals surface area contributed by atoms with E-state index in [4.69, 9.17) is 5.11 Å². The topological polar surface area (TPSA) is 32.3 Å². The van der Waals surface area contributed by atoms with E-state index in [0.717, 1.165) is 5.57 Å². The summed E-state index contributed by atoms with van der Waals surface area (Å²) in [6.45, 7) is 8.76. The number of aliphatic hydroxyl groups excluding tert-OH is 1. The van der Waals surface area contributed by atoms with E-state index in [2.05, 4.69) is 18.5 Å². The van der Waals surface area contributed by atoms with Gasteiger partial charge in [0.25, 0.3) is 0 Å². The van der Waals surface area contributed by atoms with Crippen molar-refractivity contribution in [3.63, 3.8) is 0 Å². The van der Waals surface area contributed by atoms with Crippen LogP contribution in [0.15, 0.2) is 36.3 Å². The molecule has 0 aliphatic carbocycles. The molecular formula is C9H14FNO. The second-order valence-electron chi connectivity index (χ2n) is 2.46. The third-order valence-electron chi connectivity index (χ3n) is 1.11. The van der Waals surface area contributed by atoms with E-state index < -0.39 is 5.83 Å². The van der Waals surface area contributed by atoms with E-state index >= 15 is 0 Å². The van der Waals surface area contributed by atoms with Crippen LogP contribution in [0, 0.1) is 0 Å². The smallest absolute Gasteiger partial charge is 0.139 e. The molecule has 0 amide bonds. The maximum absolute atomic E-state index is 12.6. The molecule has 0 aromatic rings. The van der Waals surface area contributed by atoms with E-state index in [0.29, 0.717) is 6.54 Å². The Kier molecular flexibility index (Phi) is 5.04. The van der Waals surface area contributed by atoms with E-state index in [1.165, 1.54) is 6.08 Å². The molecule has 0 fully saturated rings. The Morgan fingerprint density at radius 2 is 2.17 bits per heavy atom. The third kappa shape index (κ3) is 4.68. The SMILES string of the molecule is C=C(C)/C=C(/NCCO)C(=C)F. The van der Waals surface area contributed by atoms with Crippen LogP contribution < -0.4 is 5.32 Å². The standard InChI is InChI=1S/C9H14FNO/c1-7(2)6-9(8(3)10)11-4-5-12/h6,11-12H,1,3-5H2,2H3/b9-6+. The summed E-state index contributed by atoms with van der Waals surface area (Å²) in [5, 5.41) is 11.1. The molecule has 0 spiro atoms. The van der Waals surface area contributed by atoms with E-state index in [-0.39, 0.29) is 12.3 Å². The molecule has 0 heterocycles. The summed E-state index contributed by atoms with van der Waals surface area (Å²) in [6.07, 6.45) is 1.54. The molecule has 0 aliphatic rings. The summed E-state index contributed by atoms with van der Waals surface area (Å²) in [5.41, 5.74) is 1.01. The average Bonchev–Trinajstić information content (AvgIpc) is 1.96. The molecule has 0 aromatic carbocycles. The first-order chi connectivity index (χ1) is 5.57. The van der Waals surface area contributed by atoms with Gasteiger partial charge in [-0.1, -0.05) is 18.7 Å². The van der Waals surface area contributed by atoms with Crippen molar-refractivity contribution in [1.29, 1.82) is 0 Å². The molecule has 3 heteroatoms. The molecule has 12 heavy (non-hydrogen) atoms. The minimum absolute atomic E-state index is 0.0409. The van der Waals surface area contributed by atoms with E-state index in [1.54, 1.807) is 6.92 Å². The van der Waals surface area contributed by atoms with Crippen molar-refractivity contribution in [2.24, 2.45) is 0 Å². The van der Waals surface area contributed by atoms with Gasteiger partial charge in [0.2, 0.25) is 0 Å². The zero-order chi connectivity index (χ0) is 9.56. The van der Waals surface area contributed by atoms with Crippen LogP contribution in [0.1, 0.15) is 6.92 Å². The second kappa shape index (κ2) is 5.55. The zero-order valence-electron chi connectivity index (χ0n) is 7.23. The molecule has 0 bridgehead atoms. The molecular weight excluding hydrogens is 157 g/mol. The van der Waals surface area contributed by atoms with Crippen molar-refractivity contribution in [3.05, 3.63) is 36.3 Å². The minimum atomic E-state index is -0.550. The largest absolute Gasteiger partial charge is 0.395 e. The van der Waals surface area contributed by atoms with E-state index in [9.17, 15) is 4.39 Å². The molecule has 2 nitrogen and oxygen atoms in total. The zero-order valence-corrected chi connectivity index (χ0v) is 7.23. The van der Waals surface area contributed by atoms with Crippen molar-refractivity contribution in [3.8, 4) is 0 Å². The van der Waals surface area contributed by atoms with Gasteiger partial charge in [-0.2, -0.15) is 0 Å². The molecule has 0 radical (unpaired) electrons. The Balaban J connectivity index is 4.23. The maximum Gasteiger partial charge on any atom is 0.139 e. The van der Waals surface area contributed by atoms with Crippen molar-refractivity contribution in [2.45, 2.75) is 6.92 Å². The Labute approximate surface area is 72.1 Å². The Bertz CT molecular complexity index is 209. The number of halogens is 1. The van der Waals surface area contributed by atoms with Gasteiger partial charge in [-0.25, -0.2) is 4.39 Å². The summed E-state index contributed by atoms with van der Waals surface area (Å²) in [4.78, 5) is 0. The van der Waals surface area contributed by atoms with Crippen LogP contribution in [0.5, 0.6) is 0 Å². The number of hydrogen-bond donors (Lipinski definition) is 2. The lowest BCUT2D eigenvalue weighted by molar-refractivity contribution is 0.296. The first-order valence-corrected chi connectivity index (χ1v) is 3.64. The Morgan fingerprint density at radius 1 is 1.58 bits per heavy atom. The van der Waals surface area contributed by atoms with Crippen LogP contribution >= 0.6 is 0 Å². The molecule has 0 unspecified atom stereocenters. The predicted octanol–water partition coefficient (Wildman–Crippen LogP) is 1.51. The third-order valence-corrected chi connectivity index (χ3v) is 1.11. The van der Waals surface area contributed by atoms with Crippen molar-refractivity contribution < 1.29 is 9.50 Å². The molecule has 2 N–H and O–H groups in total. The fourth-order valence-corrected chi connectivity index (χ4v) is 0.662. The monoisotopic (exact) mass is 171 g/mol. The highest BCUT2D eigenvalue weighted by atomic mass is 19.1. The van der Waals surface area contributed by atoms with Crippen LogP contribution in [-0.4, -0.2) is 18.3 Å². The summed E-state index contributed by atoms with van der Waals surface area (Å²) in [6, 6.07) is 0. The van der Waals surface area contributed by atoms with Crippen molar-refractivity contribution in [1.82, 2.24) is 5.32 Å². The highest BCUT2D eigenvalue weighted by Gasteiger charge is 1.99. The number of hydrogen-bond acceptors (Lipinski definition) is 2. The number of nitrogens with one attached hydrogen (secondary N) is 1. The van der Waals surface area contributed by atoms with Gasteiger partial charge < -0.3 is 10.4 Å². The predicted molar refractivity (Wildman–Crippen MR) is 48.2 cm³/mol. The number of aliphatic hydroxyl groups is 1. The lowest BCUT2D eigenvalue weighted by Crippen LogP contribution is -2.17. The minimum Gasteiger partial charge on any atom is -0.395 e. The van der Waals surface area contributed by atoms with Crippen LogP contribution in [0.25, 0.3) is 0 Å². The molecule has 0 saturated heterocycles. The Morgan fingerprint density at radius 3 is 2.50 bits per heavy atom. The lowest BCUT2D eigenvalue weighted by Gasteiger charge is -2.06. The summed E-state index contributed by atoms with van der Waals surface area (Å²) < 4.78 is 12.6. The summed E-state index contributed by atoms with van der Waals surface area (Å²) in [7, 11) is 0. The molecule has 0 saturated carbocycles. The van der Waals surface area contributed by atoms with Gasteiger partial charge in [-0.05, 0) is 13.0 Å². The molecule has 0 aliphatic heterocycles. The van der Waals surface area contributed by atoms with Crippen LogP contribution in [-0.2, 0) is 0 Å². The van der Waals surface area contributed by atoms with Crippen LogP contribution in [0.2, 0.25) is 0 Å². The van der Waals surface area contributed by atoms with Gasteiger partial charge in [0.05, 0.1) is 12.3 Å². The molecule has 68 valence electrons. The highest BCUT2D eigenvalue weighted by molar-refractivity contribution is 5.28. The summed E-state index contributed by atoms with van der Waals surface area (Å²) in [5.74, 6) is -0.550. The van der Waals surface area contributed by atoms with Gasteiger partial charge in [0, 0.05) is 6.54 Å². The fraction of sp³-hybridized carbons (Fsp3) is 0.333. The normalized spacial score (nSPS) is 11.1.